The number of amides is 1. The van der Waals surface area contributed by atoms with Crippen LogP contribution in [0.3, 0.4) is 0 Å². The number of hydrogen-bond donors (Lipinski definition) is 1. The minimum atomic E-state index is -4.60. The second-order valence-electron chi connectivity index (χ2n) is 6.82. The van der Waals surface area contributed by atoms with Crippen LogP contribution in [0, 0.1) is 0 Å². The third kappa shape index (κ3) is 9.76. The van der Waals surface area contributed by atoms with Crippen LogP contribution < -0.4 is 5.32 Å². The molecular weight excluding hydrogens is 998 g/mol. The molecule has 0 unspecified atom stereocenters. The Morgan fingerprint density at radius 3 is 2.27 bits per heavy atom. The summed E-state index contributed by atoms with van der Waals surface area (Å²) in [6.45, 7) is 0. The van der Waals surface area contributed by atoms with Gasteiger partial charge in [0, 0.05) is 29.8 Å². The fraction of sp³-hybridized carbons (Fsp3) is 0.0909. The zero-order valence-electron chi connectivity index (χ0n) is 18.7. The number of pyridine rings is 2. The van der Waals surface area contributed by atoms with Gasteiger partial charge in [-0.1, -0.05) is 0 Å². The second-order valence-corrected chi connectivity index (χ2v) is 43.0. The average molecular weight is 1020 g/mol. The van der Waals surface area contributed by atoms with Crippen LogP contribution in [0.25, 0.3) is 16.9 Å². The summed E-state index contributed by atoms with van der Waals surface area (Å²) >= 11 is 8.73. The summed E-state index contributed by atoms with van der Waals surface area (Å²) in [5.41, 5.74) is 0.773. The van der Waals surface area contributed by atoms with Crippen molar-refractivity contribution < 1.29 is 22.9 Å². The van der Waals surface area contributed by atoms with Gasteiger partial charge in [-0.2, -0.15) is 18.3 Å². The molecule has 15 heteroatoms. The van der Waals surface area contributed by atoms with Crippen molar-refractivity contribution in [2.75, 3.05) is 11.6 Å². The zero-order chi connectivity index (χ0) is 26.3. The van der Waals surface area contributed by atoms with E-state index in [0.717, 1.165) is 10.7 Å². The number of hydrogen-bond acceptors (Lipinski definition) is 5. The fourth-order valence-electron chi connectivity index (χ4n) is 3.05. The number of nitrogens with zero attached hydrogens (tertiary/aromatic N) is 4. The number of carbonyl (C=O) groups is 1. The number of alkyl halides is 3. The number of aromatic nitrogens is 4. The SMILES string of the molecule is CSc1ncccc1C(=O)Nc1ccc(-n2nc(-c3cccnc3)cc2C(F)(F)F)cc1.I.[I][V]([I])[I]. The van der Waals surface area contributed by atoms with Gasteiger partial charge in [-0.15, -0.1) is 35.7 Å². The Morgan fingerprint density at radius 2 is 1.70 bits per heavy atom. The van der Waals surface area contributed by atoms with Crippen LogP contribution in [0.2, 0.25) is 0 Å². The van der Waals surface area contributed by atoms with Crippen molar-refractivity contribution in [3.05, 3.63) is 84.4 Å². The summed E-state index contributed by atoms with van der Waals surface area (Å²) in [6.07, 6.45) is 1.79. The molecule has 3 aromatic heterocycles. The second kappa shape index (κ2) is 15.6. The molecule has 0 fully saturated rings. The first-order valence-electron chi connectivity index (χ1n) is 9.86. The van der Waals surface area contributed by atoms with Gasteiger partial charge < -0.3 is 5.32 Å². The van der Waals surface area contributed by atoms with Crippen LogP contribution in [0.15, 0.2) is 78.2 Å². The molecule has 0 atom stereocenters. The molecule has 3 heterocycles. The molecule has 4 rings (SSSR count). The molecule has 0 bridgehead atoms. The quantitative estimate of drug-likeness (QED) is 0.160. The van der Waals surface area contributed by atoms with Gasteiger partial charge in [-0.25, -0.2) is 9.67 Å². The Labute approximate surface area is 270 Å². The van der Waals surface area contributed by atoms with Gasteiger partial charge in [0.05, 0.1) is 16.9 Å². The van der Waals surface area contributed by atoms with Crippen LogP contribution in [0.1, 0.15) is 16.1 Å². The molecule has 0 spiro atoms. The van der Waals surface area contributed by atoms with E-state index in [2.05, 4.69) is 80.3 Å². The maximum atomic E-state index is 13.6. The Morgan fingerprint density at radius 1 is 1.05 bits per heavy atom. The number of nitrogens with one attached hydrogen (secondary N) is 1. The van der Waals surface area contributed by atoms with Gasteiger partial charge >= 0.3 is 71.0 Å². The summed E-state index contributed by atoms with van der Waals surface area (Å²) in [4.78, 5) is 20.4. The van der Waals surface area contributed by atoms with Crippen LogP contribution in [0.5, 0.6) is 0 Å². The van der Waals surface area contributed by atoms with Gasteiger partial charge in [-0.05, 0) is 60.9 Å². The van der Waals surface area contributed by atoms with Gasteiger partial charge in [0.1, 0.15) is 10.7 Å². The molecule has 0 aliphatic heterocycles. The van der Waals surface area contributed by atoms with Gasteiger partial charge in [0.25, 0.3) is 5.91 Å². The number of halogens is 7. The zero-order valence-corrected chi connectivity index (χ0v) is 29.7. The molecule has 1 aromatic carbocycles. The number of thioether (sulfide) groups is 1. The van der Waals surface area contributed by atoms with E-state index in [9.17, 15) is 18.0 Å². The molecule has 196 valence electrons. The Balaban J connectivity index is 0.000000898. The van der Waals surface area contributed by atoms with Gasteiger partial charge in [0.15, 0.2) is 0 Å². The molecule has 0 radical (unpaired) electrons. The molecule has 0 saturated heterocycles. The Kier molecular flexibility index (Phi) is 13.9. The van der Waals surface area contributed by atoms with E-state index in [1.807, 2.05) is 6.26 Å². The maximum absolute atomic E-state index is 13.6. The van der Waals surface area contributed by atoms with E-state index in [1.165, 1.54) is 48.4 Å². The van der Waals surface area contributed by atoms with Gasteiger partial charge in [-0.3, -0.25) is 9.78 Å². The van der Waals surface area contributed by atoms with E-state index >= 15 is 0 Å². The summed E-state index contributed by atoms with van der Waals surface area (Å²) in [7, 11) is 0. The average Bonchev–Trinajstić information content (AvgIpc) is 3.31. The first-order valence-corrected chi connectivity index (χ1v) is 24.6. The van der Waals surface area contributed by atoms with Crippen LogP contribution in [-0.2, 0) is 11.1 Å². The number of anilines is 1. The van der Waals surface area contributed by atoms with Crippen LogP contribution in [-0.4, -0.2) is 31.9 Å². The van der Waals surface area contributed by atoms with E-state index in [0.29, 0.717) is 21.8 Å². The summed E-state index contributed by atoms with van der Waals surface area (Å²) in [5, 5.41) is 7.45. The van der Waals surface area contributed by atoms with Crippen molar-refractivity contribution in [1.82, 2.24) is 19.7 Å². The number of carbonyl (C=O) groups excluding carboxylic acids is 1. The summed E-state index contributed by atoms with van der Waals surface area (Å²) in [6, 6.07) is 13.5. The fourth-order valence-corrected chi connectivity index (χ4v) is 3.59. The topological polar surface area (TPSA) is 72.7 Å². The molecule has 0 saturated carbocycles. The third-order valence-electron chi connectivity index (χ3n) is 4.54. The predicted molar refractivity (Wildman–Crippen MR) is 173 cm³/mol. The van der Waals surface area contributed by atoms with E-state index in [4.69, 9.17) is 0 Å². The Hall–Kier alpha value is -0.156. The summed E-state index contributed by atoms with van der Waals surface area (Å²) in [5.74, 6) is -0.357. The molecular formula is C22H17F3I4N5OSV. The van der Waals surface area contributed by atoms with Crippen molar-refractivity contribution in [1.29, 1.82) is 0 Å². The Bertz CT molecular complexity index is 1310. The van der Waals surface area contributed by atoms with E-state index in [1.54, 1.807) is 30.5 Å². The minimum absolute atomic E-state index is 0. The van der Waals surface area contributed by atoms with Crippen molar-refractivity contribution in [2.24, 2.45) is 0 Å². The van der Waals surface area contributed by atoms with Crippen molar-refractivity contribution >= 4 is 107 Å². The van der Waals surface area contributed by atoms with Gasteiger partial charge in [0.2, 0.25) is 0 Å². The molecule has 1 N–H and O–H groups in total. The molecule has 37 heavy (non-hydrogen) atoms. The number of benzene rings is 1. The molecule has 1 amide bonds. The van der Waals surface area contributed by atoms with Crippen LogP contribution >= 0.6 is 95.7 Å². The van der Waals surface area contributed by atoms with Crippen molar-refractivity contribution in [2.45, 2.75) is 11.2 Å². The predicted octanol–water partition coefficient (Wildman–Crippen LogP) is 8.59. The molecule has 0 aliphatic rings. The normalized spacial score (nSPS) is 10.8. The van der Waals surface area contributed by atoms with E-state index < -0.39 is 11.9 Å². The standard InChI is InChI=1S/C22H16F3N5OS.4HI.V/c1-32-21-17(5-3-11-27-21)20(31)28-15-6-8-16(9-7-15)30-19(22(23,24)25)12-18(29-30)14-4-2-10-26-13-14;;;;;/h2-13H,1H3,(H,28,31);4*1H;/q;;;;;+3/p-3. The first-order chi connectivity index (χ1) is 17.1. The number of rotatable bonds is 5. The monoisotopic (exact) mass is 1010 g/mol. The third-order valence-corrected chi connectivity index (χ3v) is 5.25. The van der Waals surface area contributed by atoms with Crippen molar-refractivity contribution in [3.63, 3.8) is 0 Å². The molecule has 0 aliphatic carbocycles. The van der Waals surface area contributed by atoms with Crippen molar-refractivity contribution in [3.8, 4) is 16.9 Å². The van der Waals surface area contributed by atoms with E-state index in [-0.39, 0.29) is 46.2 Å². The molecule has 6 nitrogen and oxygen atoms in total. The summed E-state index contributed by atoms with van der Waals surface area (Å²) < 4.78 is 41.7. The van der Waals surface area contributed by atoms with Crippen LogP contribution in [0.4, 0.5) is 18.9 Å². The molecule has 4 aromatic rings. The first kappa shape index (κ1) is 33.1.